The Balaban J connectivity index is 1.25. The molecule has 3 N–H and O–H groups in total. The number of halogens is 1. The lowest BCUT2D eigenvalue weighted by Crippen LogP contribution is -2.56. The van der Waals surface area contributed by atoms with Crippen LogP contribution in [0.1, 0.15) is 42.6 Å². The van der Waals surface area contributed by atoms with Crippen molar-refractivity contribution in [2.45, 2.75) is 50.2 Å². The Bertz CT molecular complexity index is 1380. The molecule has 14 nitrogen and oxygen atoms in total. The van der Waals surface area contributed by atoms with Crippen molar-refractivity contribution in [2.24, 2.45) is 0 Å². The first-order chi connectivity index (χ1) is 21.2. The van der Waals surface area contributed by atoms with Gasteiger partial charge in [-0.3, -0.25) is 19.2 Å². The number of amides is 5. The average Bonchev–Trinajstić information content (AvgIpc) is 3.69. The zero-order valence-corrected chi connectivity index (χ0v) is 24.2. The van der Waals surface area contributed by atoms with E-state index in [1.807, 2.05) is 0 Å². The van der Waals surface area contributed by atoms with Crippen LogP contribution in [0.3, 0.4) is 0 Å². The molecule has 0 radical (unpaired) electrons. The molecule has 3 aliphatic rings. The summed E-state index contributed by atoms with van der Waals surface area (Å²) in [6.07, 6.45) is 3.14. The van der Waals surface area contributed by atoms with Crippen molar-refractivity contribution in [3.63, 3.8) is 0 Å². The second kappa shape index (κ2) is 13.7. The lowest BCUT2D eigenvalue weighted by Gasteiger charge is -2.34. The van der Waals surface area contributed by atoms with Gasteiger partial charge in [0.15, 0.2) is 12.3 Å². The van der Waals surface area contributed by atoms with Crippen LogP contribution in [0.15, 0.2) is 36.4 Å². The first-order valence-corrected chi connectivity index (χ1v) is 14.8. The second-order valence-corrected chi connectivity index (χ2v) is 11.1. The maximum Gasteiger partial charge on any atom is 0.407 e. The van der Waals surface area contributed by atoms with Crippen molar-refractivity contribution in [2.75, 3.05) is 46.0 Å². The molecule has 5 amide bonds. The standard InChI is InChI=1S/C29H36FN7O7/c30-17-22(28(41)34-12-14-35(15-13-34)29(42)43)32-26(39)21-16-25(37(33-21)20-8-2-1-3-9-20)44-18-24(38)36-11-5-10-23(36)27(40)31-19-6-4-7-19/h1-3,8-9,16,19,22-23H,4-7,10-15,17-18H2,(H,31,40)(H,32,39)(H,42,43)/t22-,23-/m0/s1. The normalized spacial score (nSPS) is 19.2. The van der Waals surface area contributed by atoms with Crippen molar-refractivity contribution in [3.8, 4) is 11.6 Å². The fraction of sp³-hybridized carbons (Fsp3) is 0.517. The number of hydrogen-bond donors (Lipinski definition) is 3. The van der Waals surface area contributed by atoms with Gasteiger partial charge >= 0.3 is 6.09 Å². The number of nitrogens with zero attached hydrogens (tertiary/aromatic N) is 5. The number of carbonyl (C=O) groups excluding carboxylic acids is 4. The van der Waals surface area contributed by atoms with E-state index in [1.165, 1.54) is 20.5 Å². The SMILES string of the molecule is O=C(N[C@@H](CF)C(=O)N1CCN(C(=O)O)CC1)c1cc(OCC(=O)N2CCC[C@H]2C(=O)NC2CCC2)n(-c2ccccc2)n1. The topological polar surface area (TPSA) is 166 Å². The number of nitrogens with one attached hydrogen (secondary N) is 2. The van der Waals surface area contributed by atoms with Gasteiger partial charge in [0, 0.05) is 44.8 Å². The van der Waals surface area contributed by atoms with E-state index in [4.69, 9.17) is 9.84 Å². The molecule has 1 aromatic carbocycles. The predicted molar refractivity (Wildman–Crippen MR) is 153 cm³/mol. The van der Waals surface area contributed by atoms with Crippen LogP contribution in [0.4, 0.5) is 9.18 Å². The third kappa shape index (κ3) is 6.92. The molecule has 5 rings (SSSR count). The van der Waals surface area contributed by atoms with Crippen LogP contribution in [0.25, 0.3) is 5.69 Å². The number of para-hydroxylation sites is 1. The number of alkyl halides is 1. The average molecular weight is 614 g/mol. The monoisotopic (exact) mass is 613 g/mol. The van der Waals surface area contributed by atoms with Gasteiger partial charge in [0.05, 0.1) is 5.69 Å². The zero-order valence-electron chi connectivity index (χ0n) is 24.2. The summed E-state index contributed by atoms with van der Waals surface area (Å²) in [7, 11) is 0. The van der Waals surface area contributed by atoms with Gasteiger partial charge in [0.1, 0.15) is 18.8 Å². The third-order valence-electron chi connectivity index (χ3n) is 8.20. The number of carboxylic acid groups (broad SMARTS) is 1. The number of carbonyl (C=O) groups is 5. The molecule has 1 saturated carbocycles. The van der Waals surface area contributed by atoms with Gasteiger partial charge in [0.25, 0.3) is 11.8 Å². The molecule has 236 valence electrons. The van der Waals surface area contributed by atoms with Gasteiger partial charge in [-0.05, 0) is 44.2 Å². The predicted octanol–water partition coefficient (Wildman–Crippen LogP) is 0.801. The highest BCUT2D eigenvalue weighted by Gasteiger charge is 2.36. The van der Waals surface area contributed by atoms with E-state index in [1.54, 1.807) is 30.3 Å². The largest absolute Gasteiger partial charge is 0.467 e. The summed E-state index contributed by atoms with van der Waals surface area (Å²) in [6, 6.07) is 8.14. The van der Waals surface area contributed by atoms with E-state index in [9.17, 15) is 28.4 Å². The lowest BCUT2D eigenvalue weighted by molar-refractivity contribution is -0.140. The van der Waals surface area contributed by atoms with Gasteiger partial charge < -0.3 is 35.2 Å². The van der Waals surface area contributed by atoms with E-state index >= 15 is 0 Å². The summed E-state index contributed by atoms with van der Waals surface area (Å²) >= 11 is 0. The van der Waals surface area contributed by atoms with Crippen LogP contribution < -0.4 is 15.4 Å². The van der Waals surface area contributed by atoms with E-state index in [-0.39, 0.29) is 55.6 Å². The Morgan fingerprint density at radius 3 is 2.32 bits per heavy atom. The Morgan fingerprint density at radius 2 is 1.68 bits per heavy atom. The summed E-state index contributed by atoms with van der Waals surface area (Å²) in [5, 5.41) is 18.8. The fourth-order valence-electron chi connectivity index (χ4n) is 5.48. The van der Waals surface area contributed by atoms with Gasteiger partial charge in [-0.15, -0.1) is 0 Å². The molecule has 2 aliphatic heterocycles. The Hall–Kier alpha value is -4.69. The van der Waals surface area contributed by atoms with Crippen LogP contribution >= 0.6 is 0 Å². The summed E-state index contributed by atoms with van der Waals surface area (Å²) in [5.41, 5.74) is 0.361. The maximum absolute atomic E-state index is 13.9. The molecule has 2 aromatic rings. The number of benzene rings is 1. The van der Waals surface area contributed by atoms with E-state index in [0.717, 1.165) is 24.2 Å². The summed E-state index contributed by atoms with van der Waals surface area (Å²) in [6.45, 7) is -0.831. The molecular weight excluding hydrogens is 577 g/mol. The Labute approximate surface area is 253 Å². The molecule has 0 spiro atoms. The van der Waals surface area contributed by atoms with Crippen LogP contribution in [-0.2, 0) is 14.4 Å². The van der Waals surface area contributed by atoms with Crippen molar-refractivity contribution in [1.29, 1.82) is 0 Å². The molecule has 0 bridgehead atoms. The lowest BCUT2D eigenvalue weighted by atomic mass is 9.93. The first-order valence-electron chi connectivity index (χ1n) is 14.8. The van der Waals surface area contributed by atoms with Crippen LogP contribution in [-0.4, -0.2) is 123 Å². The van der Waals surface area contributed by atoms with Crippen molar-refractivity contribution >= 4 is 29.7 Å². The van der Waals surface area contributed by atoms with Crippen LogP contribution in [0.2, 0.25) is 0 Å². The minimum Gasteiger partial charge on any atom is -0.467 e. The highest BCUT2D eigenvalue weighted by molar-refractivity contribution is 5.96. The first kappa shape index (κ1) is 30.8. The quantitative estimate of drug-likeness (QED) is 0.354. The summed E-state index contributed by atoms with van der Waals surface area (Å²) in [5.74, 6) is -1.97. The number of aromatic nitrogens is 2. The Kier molecular flexibility index (Phi) is 9.60. The number of ether oxygens (including phenoxy) is 1. The second-order valence-electron chi connectivity index (χ2n) is 11.1. The van der Waals surface area contributed by atoms with Gasteiger partial charge in [0.2, 0.25) is 17.7 Å². The smallest absolute Gasteiger partial charge is 0.407 e. The minimum atomic E-state index is -1.50. The van der Waals surface area contributed by atoms with Crippen molar-refractivity contribution in [3.05, 3.63) is 42.1 Å². The molecular formula is C29H36FN7O7. The molecule has 15 heteroatoms. The van der Waals surface area contributed by atoms with E-state index in [2.05, 4.69) is 15.7 Å². The van der Waals surface area contributed by atoms with Gasteiger partial charge in [-0.25, -0.2) is 13.9 Å². The molecule has 44 heavy (non-hydrogen) atoms. The highest BCUT2D eigenvalue weighted by Crippen LogP contribution is 2.23. The molecule has 1 aliphatic carbocycles. The zero-order chi connectivity index (χ0) is 31.2. The van der Waals surface area contributed by atoms with Gasteiger partial charge in [-0.2, -0.15) is 5.10 Å². The number of rotatable bonds is 10. The molecule has 3 fully saturated rings. The number of likely N-dealkylation sites (tertiary alicyclic amines) is 1. The number of hydrogen-bond acceptors (Lipinski definition) is 7. The molecule has 0 unspecified atom stereocenters. The van der Waals surface area contributed by atoms with Crippen molar-refractivity contribution < 1.29 is 38.2 Å². The van der Waals surface area contributed by atoms with Crippen LogP contribution in [0, 0.1) is 0 Å². The van der Waals surface area contributed by atoms with E-state index in [0.29, 0.717) is 25.1 Å². The summed E-state index contributed by atoms with van der Waals surface area (Å²) in [4.78, 5) is 67.1. The highest BCUT2D eigenvalue weighted by atomic mass is 19.1. The molecule has 1 aromatic heterocycles. The number of piperazine rings is 1. The summed E-state index contributed by atoms with van der Waals surface area (Å²) < 4.78 is 21.1. The Morgan fingerprint density at radius 1 is 0.977 bits per heavy atom. The minimum absolute atomic E-state index is 0.0669. The molecule has 2 atom stereocenters. The van der Waals surface area contributed by atoms with Crippen molar-refractivity contribution in [1.82, 2.24) is 35.1 Å². The maximum atomic E-state index is 13.9. The van der Waals surface area contributed by atoms with Gasteiger partial charge in [-0.1, -0.05) is 18.2 Å². The van der Waals surface area contributed by atoms with Crippen LogP contribution in [0.5, 0.6) is 5.88 Å². The molecule has 3 heterocycles. The fourth-order valence-corrected chi connectivity index (χ4v) is 5.48. The molecule has 2 saturated heterocycles. The third-order valence-corrected chi connectivity index (χ3v) is 8.20. The van der Waals surface area contributed by atoms with E-state index < -0.39 is 43.3 Å².